The van der Waals surface area contributed by atoms with E-state index in [0.29, 0.717) is 5.41 Å². The normalized spacial score (nSPS) is 27.5. The van der Waals surface area contributed by atoms with Crippen LogP contribution in [0.2, 0.25) is 0 Å². The first-order valence-corrected chi connectivity index (χ1v) is 4.54. The van der Waals surface area contributed by atoms with Crippen LogP contribution >= 0.6 is 0 Å². The highest BCUT2D eigenvalue weighted by atomic mass is 16.7. The lowest BCUT2D eigenvalue weighted by Crippen LogP contribution is -2.31. The Morgan fingerprint density at radius 1 is 1.09 bits per heavy atom. The molecule has 0 bridgehead atoms. The molecule has 0 unspecified atom stereocenters. The minimum Gasteiger partial charge on any atom is -0.352 e. The average molecular weight is 158 g/mol. The molecular weight excluding hydrogens is 140 g/mol. The molecule has 0 N–H and O–H groups in total. The molecule has 1 heterocycles. The van der Waals surface area contributed by atoms with E-state index in [9.17, 15) is 0 Å². The Balaban J connectivity index is 0.000000281. The summed E-state index contributed by atoms with van der Waals surface area (Å²) in [6.45, 7) is 7.80. The molecule has 0 aromatic heterocycles. The van der Waals surface area contributed by atoms with Gasteiger partial charge < -0.3 is 9.47 Å². The fourth-order valence-electron chi connectivity index (χ4n) is 1.14. The third kappa shape index (κ3) is 2.17. The standard InChI is InChI=1S/C7H12O2.C2H6/c1-6-8-4-7(2-3-7)5-9-6;1-2/h6H,2-5H2,1H3;1-2H3. The molecule has 1 aliphatic heterocycles. The average Bonchev–Trinajstić information content (AvgIpc) is 2.81. The molecule has 2 fully saturated rings. The topological polar surface area (TPSA) is 18.5 Å². The molecule has 0 radical (unpaired) electrons. The van der Waals surface area contributed by atoms with Crippen molar-refractivity contribution >= 4 is 0 Å². The highest BCUT2D eigenvalue weighted by Gasteiger charge is 2.46. The Morgan fingerprint density at radius 3 is 1.91 bits per heavy atom. The number of ether oxygens (including phenoxy) is 2. The Bertz CT molecular complexity index is 109. The van der Waals surface area contributed by atoms with Gasteiger partial charge in [0.1, 0.15) is 0 Å². The zero-order chi connectivity index (χ0) is 8.32. The molecule has 66 valence electrons. The minimum absolute atomic E-state index is 0.0382. The smallest absolute Gasteiger partial charge is 0.154 e. The number of hydrogen-bond acceptors (Lipinski definition) is 2. The molecule has 0 atom stereocenters. The second kappa shape index (κ2) is 3.55. The van der Waals surface area contributed by atoms with Gasteiger partial charge in [-0.25, -0.2) is 0 Å². The van der Waals surface area contributed by atoms with Crippen LogP contribution in [0, 0.1) is 5.41 Å². The zero-order valence-corrected chi connectivity index (χ0v) is 7.72. The van der Waals surface area contributed by atoms with Crippen LogP contribution < -0.4 is 0 Å². The predicted molar refractivity (Wildman–Crippen MR) is 44.4 cm³/mol. The number of hydrogen-bond donors (Lipinski definition) is 0. The van der Waals surface area contributed by atoms with Gasteiger partial charge in [0.15, 0.2) is 6.29 Å². The molecule has 1 spiro atoms. The Morgan fingerprint density at radius 2 is 1.55 bits per heavy atom. The summed E-state index contributed by atoms with van der Waals surface area (Å²) in [5, 5.41) is 0. The summed E-state index contributed by atoms with van der Waals surface area (Å²) in [6, 6.07) is 0. The molecule has 11 heavy (non-hydrogen) atoms. The maximum atomic E-state index is 5.33. The van der Waals surface area contributed by atoms with Crippen LogP contribution in [-0.2, 0) is 9.47 Å². The van der Waals surface area contributed by atoms with Gasteiger partial charge in [-0.15, -0.1) is 0 Å². The van der Waals surface area contributed by atoms with Gasteiger partial charge in [0.05, 0.1) is 13.2 Å². The zero-order valence-electron chi connectivity index (χ0n) is 7.72. The van der Waals surface area contributed by atoms with Crippen molar-refractivity contribution in [2.75, 3.05) is 13.2 Å². The van der Waals surface area contributed by atoms with Crippen molar-refractivity contribution in [1.82, 2.24) is 0 Å². The second-order valence-corrected chi connectivity index (χ2v) is 3.19. The molecular formula is C9H18O2. The van der Waals surface area contributed by atoms with Crippen LogP contribution in [0.15, 0.2) is 0 Å². The van der Waals surface area contributed by atoms with Gasteiger partial charge >= 0.3 is 0 Å². The molecule has 2 aliphatic rings. The fraction of sp³-hybridized carbons (Fsp3) is 1.00. The van der Waals surface area contributed by atoms with Crippen LogP contribution in [-0.4, -0.2) is 19.5 Å². The van der Waals surface area contributed by atoms with Crippen LogP contribution in [0.25, 0.3) is 0 Å². The second-order valence-electron chi connectivity index (χ2n) is 3.19. The molecule has 1 saturated heterocycles. The molecule has 2 heteroatoms. The SMILES string of the molecule is CC.CC1OCC2(CC2)CO1. The van der Waals surface area contributed by atoms with E-state index in [4.69, 9.17) is 9.47 Å². The van der Waals surface area contributed by atoms with E-state index in [1.807, 2.05) is 20.8 Å². The van der Waals surface area contributed by atoms with Gasteiger partial charge in [0.2, 0.25) is 0 Å². The molecule has 2 nitrogen and oxygen atoms in total. The highest BCUT2D eigenvalue weighted by Crippen LogP contribution is 2.48. The summed E-state index contributed by atoms with van der Waals surface area (Å²) in [4.78, 5) is 0. The summed E-state index contributed by atoms with van der Waals surface area (Å²) in [5.41, 5.74) is 0.465. The summed E-state index contributed by atoms with van der Waals surface area (Å²) in [7, 11) is 0. The van der Waals surface area contributed by atoms with Crippen molar-refractivity contribution in [2.45, 2.75) is 39.9 Å². The molecule has 0 aromatic rings. The first-order chi connectivity index (χ1) is 5.31. The Kier molecular flexibility index (Phi) is 2.90. The largest absolute Gasteiger partial charge is 0.352 e. The van der Waals surface area contributed by atoms with E-state index in [0.717, 1.165) is 13.2 Å². The highest BCUT2D eigenvalue weighted by molar-refractivity contribution is 4.94. The van der Waals surface area contributed by atoms with Crippen LogP contribution in [0.4, 0.5) is 0 Å². The molecule has 0 amide bonds. The molecule has 0 aromatic carbocycles. The van der Waals surface area contributed by atoms with Gasteiger partial charge in [0, 0.05) is 5.41 Å². The van der Waals surface area contributed by atoms with Gasteiger partial charge in [-0.1, -0.05) is 13.8 Å². The van der Waals surface area contributed by atoms with Gasteiger partial charge in [0.25, 0.3) is 0 Å². The monoisotopic (exact) mass is 158 g/mol. The van der Waals surface area contributed by atoms with E-state index in [1.54, 1.807) is 0 Å². The van der Waals surface area contributed by atoms with E-state index >= 15 is 0 Å². The summed E-state index contributed by atoms with van der Waals surface area (Å²) in [6.07, 6.45) is 2.65. The van der Waals surface area contributed by atoms with E-state index in [1.165, 1.54) is 12.8 Å². The van der Waals surface area contributed by atoms with Crippen molar-refractivity contribution < 1.29 is 9.47 Å². The maximum Gasteiger partial charge on any atom is 0.154 e. The van der Waals surface area contributed by atoms with Crippen molar-refractivity contribution in [1.29, 1.82) is 0 Å². The van der Waals surface area contributed by atoms with Crippen molar-refractivity contribution in [3.05, 3.63) is 0 Å². The quantitative estimate of drug-likeness (QED) is 0.538. The third-order valence-corrected chi connectivity index (χ3v) is 2.21. The van der Waals surface area contributed by atoms with Crippen molar-refractivity contribution in [3.8, 4) is 0 Å². The van der Waals surface area contributed by atoms with Gasteiger partial charge in [-0.05, 0) is 19.8 Å². The minimum atomic E-state index is 0.0382. The van der Waals surface area contributed by atoms with E-state index in [-0.39, 0.29) is 6.29 Å². The Hall–Kier alpha value is -0.0800. The third-order valence-electron chi connectivity index (χ3n) is 2.21. The lowest BCUT2D eigenvalue weighted by Gasteiger charge is -2.26. The summed E-state index contributed by atoms with van der Waals surface area (Å²) >= 11 is 0. The van der Waals surface area contributed by atoms with Crippen LogP contribution in [0.5, 0.6) is 0 Å². The lowest BCUT2D eigenvalue weighted by molar-refractivity contribution is -0.197. The molecule has 1 aliphatic carbocycles. The Labute approximate surface area is 68.9 Å². The molecule has 2 rings (SSSR count). The summed E-state index contributed by atoms with van der Waals surface area (Å²) in [5.74, 6) is 0. The predicted octanol–water partition coefficient (Wildman–Crippen LogP) is 2.19. The first kappa shape index (κ1) is 9.01. The number of rotatable bonds is 0. The van der Waals surface area contributed by atoms with Crippen LogP contribution in [0.3, 0.4) is 0 Å². The van der Waals surface area contributed by atoms with Crippen molar-refractivity contribution in [3.63, 3.8) is 0 Å². The van der Waals surface area contributed by atoms with Gasteiger partial charge in [-0.2, -0.15) is 0 Å². The molecule has 1 saturated carbocycles. The van der Waals surface area contributed by atoms with Gasteiger partial charge in [-0.3, -0.25) is 0 Å². The fourth-order valence-corrected chi connectivity index (χ4v) is 1.14. The van der Waals surface area contributed by atoms with E-state index in [2.05, 4.69) is 0 Å². The first-order valence-electron chi connectivity index (χ1n) is 4.54. The lowest BCUT2D eigenvalue weighted by atomic mass is 10.1. The summed E-state index contributed by atoms with van der Waals surface area (Å²) < 4.78 is 10.7. The maximum absolute atomic E-state index is 5.33. The van der Waals surface area contributed by atoms with Crippen molar-refractivity contribution in [2.24, 2.45) is 5.41 Å². The van der Waals surface area contributed by atoms with Crippen LogP contribution in [0.1, 0.15) is 33.6 Å². The van der Waals surface area contributed by atoms with E-state index < -0.39 is 0 Å².